The Morgan fingerprint density at radius 3 is 2.53 bits per heavy atom. The summed E-state index contributed by atoms with van der Waals surface area (Å²) in [6, 6.07) is 5.91. The monoisotopic (exact) mass is 232 g/mol. The van der Waals surface area contributed by atoms with Gasteiger partial charge in [-0.1, -0.05) is 26.8 Å². The van der Waals surface area contributed by atoms with Crippen molar-refractivity contribution >= 4 is 17.3 Å². The van der Waals surface area contributed by atoms with Crippen LogP contribution >= 0.6 is 0 Å². The summed E-state index contributed by atoms with van der Waals surface area (Å²) in [6.45, 7) is 6.42. The fourth-order valence-electron chi connectivity index (χ4n) is 1.85. The smallest absolute Gasteiger partial charge is 0.209 e. The molecule has 0 aliphatic carbocycles. The summed E-state index contributed by atoms with van der Waals surface area (Å²) in [5.41, 5.74) is 1.91. The Labute approximate surface area is 100 Å². The average Bonchev–Trinajstić information content (AvgIpc) is 2.64. The lowest BCUT2D eigenvalue weighted by Crippen LogP contribution is -2.10. The topological polar surface area (TPSA) is 39.4 Å². The van der Waals surface area contributed by atoms with Crippen molar-refractivity contribution in [1.82, 2.24) is 0 Å². The van der Waals surface area contributed by atoms with E-state index in [4.69, 9.17) is 9.15 Å². The van der Waals surface area contributed by atoms with Crippen molar-refractivity contribution in [1.29, 1.82) is 0 Å². The van der Waals surface area contributed by atoms with Gasteiger partial charge in [0.05, 0.1) is 12.5 Å². The summed E-state index contributed by atoms with van der Waals surface area (Å²) >= 11 is 0. The molecule has 3 heteroatoms. The SMILES string of the molecule is COc1c(C=O)oc2ccc(C(C)(C)C)cc12. The first-order valence-electron chi connectivity index (χ1n) is 5.53. The zero-order valence-electron chi connectivity index (χ0n) is 10.5. The van der Waals surface area contributed by atoms with Gasteiger partial charge in [-0.2, -0.15) is 0 Å². The van der Waals surface area contributed by atoms with Gasteiger partial charge in [-0.3, -0.25) is 4.79 Å². The van der Waals surface area contributed by atoms with Crippen molar-refractivity contribution in [3.8, 4) is 5.75 Å². The average molecular weight is 232 g/mol. The van der Waals surface area contributed by atoms with E-state index in [2.05, 4.69) is 20.8 Å². The lowest BCUT2D eigenvalue weighted by molar-refractivity contribution is 0.109. The Morgan fingerprint density at radius 1 is 1.29 bits per heavy atom. The van der Waals surface area contributed by atoms with Gasteiger partial charge in [0.15, 0.2) is 12.0 Å². The number of hydrogen-bond donors (Lipinski definition) is 0. The number of furan rings is 1. The van der Waals surface area contributed by atoms with E-state index >= 15 is 0 Å². The van der Waals surface area contributed by atoms with Crippen LogP contribution in [0, 0.1) is 0 Å². The van der Waals surface area contributed by atoms with Gasteiger partial charge in [0.25, 0.3) is 0 Å². The van der Waals surface area contributed by atoms with E-state index in [0.29, 0.717) is 17.6 Å². The fraction of sp³-hybridized carbons (Fsp3) is 0.357. The number of carbonyl (C=O) groups is 1. The van der Waals surface area contributed by atoms with Crippen molar-refractivity contribution in [3.05, 3.63) is 29.5 Å². The van der Waals surface area contributed by atoms with Crippen molar-refractivity contribution in [2.45, 2.75) is 26.2 Å². The van der Waals surface area contributed by atoms with Gasteiger partial charge in [-0.15, -0.1) is 0 Å². The van der Waals surface area contributed by atoms with Gasteiger partial charge >= 0.3 is 0 Å². The fourth-order valence-corrected chi connectivity index (χ4v) is 1.85. The van der Waals surface area contributed by atoms with E-state index in [1.807, 2.05) is 18.2 Å². The molecule has 0 aliphatic rings. The maximum Gasteiger partial charge on any atom is 0.209 e. The normalized spacial score (nSPS) is 11.8. The molecule has 0 spiro atoms. The Hall–Kier alpha value is -1.77. The van der Waals surface area contributed by atoms with Gasteiger partial charge in [0.2, 0.25) is 5.76 Å². The summed E-state index contributed by atoms with van der Waals surface area (Å²) in [5, 5.41) is 0.849. The molecular formula is C14H16O3. The molecule has 1 aromatic heterocycles. The molecule has 0 saturated heterocycles. The molecule has 17 heavy (non-hydrogen) atoms. The van der Waals surface area contributed by atoms with Crippen LogP contribution in [0.3, 0.4) is 0 Å². The predicted octanol–water partition coefficient (Wildman–Crippen LogP) is 3.55. The van der Waals surface area contributed by atoms with Crippen LogP contribution < -0.4 is 4.74 Å². The zero-order chi connectivity index (χ0) is 12.6. The molecule has 0 atom stereocenters. The summed E-state index contributed by atoms with van der Waals surface area (Å²) in [6.07, 6.45) is 0.676. The Morgan fingerprint density at radius 2 is 2.00 bits per heavy atom. The van der Waals surface area contributed by atoms with Crippen LogP contribution in [-0.2, 0) is 5.41 Å². The molecule has 0 fully saturated rings. The third-order valence-electron chi connectivity index (χ3n) is 2.85. The minimum absolute atomic E-state index is 0.0534. The molecule has 1 aromatic carbocycles. The highest BCUT2D eigenvalue weighted by Gasteiger charge is 2.19. The number of fused-ring (bicyclic) bond motifs is 1. The second kappa shape index (κ2) is 3.91. The van der Waals surface area contributed by atoms with Crippen molar-refractivity contribution in [2.24, 2.45) is 0 Å². The number of carbonyl (C=O) groups excluding carboxylic acids is 1. The first kappa shape index (κ1) is 11.7. The maximum atomic E-state index is 10.9. The molecule has 3 nitrogen and oxygen atoms in total. The Kier molecular flexibility index (Phi) is 2.69. The molecule has 0 unspecified atom stereocenters. The lowest BCUT2D eigenvalue weighted by Gasteiger charge is -2.18. The summed E-state index contributed by atoms with van der Waals surface area (Å²) in [7, 11) is 1.54. The molecule has 0 amide bonds. The van der Waals surface area contributed by atoms with Crippen LogP contribution in [0.25, 0.3) is 11.0 Å². The number of methoxy groups -OCH3 is 1. The van der Waals surface area contributed by atoms with Gasteiger partial charge in [-0.05, 0) is 23.1 Å². The van der Waals surface area contributed by atoms with Gasteiger partial charge in [-0.25, -0.2) is 0 Å². The highest BCUT2D eigenvalue weighted by Crippen LogP contribution is 2.35. The second-order valence-electron chi connectivity index (χ2n) is 5.08. The van der Waals surface area contributed by atoms with E-state index in [-0.39, 0.29) is 11.2 Å². The molecule has 2 aromatic rings. The highest BCUT2D eigenvalue weighted by molar-refractivity contribution is 5.93. The van der Waals surface area contributed by atoms with Crippen molar-refractivity contribution in [3.63, 3.8) is 0 Å². The standard InChI is InChI=1S/C14H16O3/c1-14(2,3)9-5-6-11-10(7-9)13(16-4)12(8-15)17-11/h5-8H,1-4H3. The van der Waals surface area contributed by atoms with Crippen LogP contribution in [0.4, 0.5) is 0 Å². The summed E-state index contributed by atoms with van der Waals surface area (Å²) in [5.74, 6) is 0.759. The predicted molar refractivity (Wildman–Crippen MR) is 66.9 cm³/mol. The minimum atomic E-state index is 0.0534. The van der Waals surface area contributed by atoms with Crippen LogP contribution in [0.1, 0.15) is 36.9 Å². The molecule has 0 N–H and O–H groups in total. The first-order valence-corrected chi connectivity index (χ1v) is 5.53. The van der Waals surface area contributed by atoms with E-state index in [9.17, 15) is 4.79 Å². The number of aldehydes is 1. The van der Waals surface area contributed by atoms with Crippen LogP contribution in [-0.4, -0.2) is 13.4 Å². The Balaban J connectivity index is 2.71. The first-order chi connectivity index (χ1) is 7.97. The molecular weight excluding hydrogens is 216 g/mol. The molecule has 0 bridgehead atoms. The third-order valence-corrected chi connectivity index (χ3v) is 2.85. The van der Waals surface area contributed by atoms with Gasteiger partial charge in [0, 0.05) is 0 Å². The van der Waals surface area contributed by atoms with E-state index < -0.39 is 0 Å². The number of ether oxygens (including phenoxy) is 1. The number of rotatable bonds is 2. The molecule has 1 heterocycles. The van der Waals surface area contributed by atoms with Crippen LogP contribution in [0.5, 0.6) is 5.75 Å². The van der Waals surface area contributed by atoms with Gasteiger partial charge in [0.1, 0.15) is 5.58 Å². The van der Waals surface area contributed by atoms with Crippen LogP contribution in [0.2, 0.25) is 0 Å². The maximum absolute atomic E-state index is 10.9. The van der Waals surface area contributed by atoms with Crippen LogP contribution in [0.15, 0.2) is 22.6 Å². The summed E-state index contributed by atoms with van der Waals surface area (Å²) in [4.78, 5) is 10.9. The largest absolute Gasteiger partial charge is 0.492 e. The van der Waals surface area contributed by atoms with E-state index in [1.54, 1.807) is 7.11 Å². The van der Waals surface area contributed by atoms with Crippen molar-refractivity contribution in [2.75, 3.05) is 7.11 Å². The van der Waals surface area contributed by atoms with E-state index in [1.165, 1.54) is 5.56 Å². The van der Waals surface area contributed by atoms with Gasteiger partial charge < -0.3 is 9.15 Å². The minimum Gasteiger partial charge on any atom is -0.492 e. The molecule has 90 valence electrons. The molecule has 0 aliphatic heterocycles. The Bertz CT molecular complexity index is 559. The molecule has 0 saturated carbocycles. The lowest BCUT2D eigenvalue weighted by atomic mass is 9.86. The quantitative estimate of drug-likeness (QED) is 0.743. The highest BCUT2D eigenvalue weighted by atomic mass is 16.5. The summed E-state index contributed by atoms with van der Waals surface area (Å²) < 4.78 is 10.6. The van der Waals surface area contributed by atoms with E-state index in [0.717, 1.165) is 5.39 Å². The number of benzene rings is 1. The second-order valence-corrected chi connectivity index (χ2v) is 5.08. The third kappa shape index (κ3) is 1.93. The number of hydrogen-bond acceptors (Lipinski definition) is 3. The zero-order valence-corrected chi connectivity index (χ0v) is 10.5. The molecule has 2 rings (SSSR count). The molecule has 0 radical (unpaired) electrons. The van der Waals surface area contributed by atoms with Crippen molar-refractivity contribution < 1.29 is 13.9 Å².